The minimum Gasteiger partial charge on any atom is -0.311 e. The number of nitrogens with zero attached hydrogens (tertiary/aromatic N) is 1. The normalized spacial score (nSPS) is 10.4. The largest absolute Gasteiger partial charge is 0.311 e. The number of aryl methyl sites for hydroxylation is 1. The van der Waals surface area contributed by atoms with Gasteiger partial charge in [-0.1, -0.05) is 25.8 Å². The molecule has 14 heavy (non-hydrogen) atoms. The van der Waals surface area contributed by atoms with Crippen LogP contribution < -0.4 is 5.32 Å². The van der Waals surface area contributed by atoms with Gasteiger partial charge in [0.1, 0.15) is 0 Å². The molecular weight excluding hydrogens is 172 g/mol. The molecule has 2 heteroatoms. The lowest BCUT2D eigenvalue weighted by Crippen LogP contribution is -2.16. The van der Waals surface area contributed by atoms with Crippen LogP contribution in [-0.4, -0.2) is 11.5 Å². The van der Waals surface area contributed by atoms with Crippen molar-refractivity contribution in [2.75, 3.05) is 6.54 Å². The third kappa shape index (κ3) is 3.88. The smallest absolute Gasteiger partial charge is 0.0570 e. The van der Waals surface area contributed by atoms with Gasteiger partial charge in [0.25, 0.3) is 0 Å². The lowest BCUT2D eigenvalue weighted by Gasteiger charge is -2.05. The van der Waals surface area contributed by atoms with Gasteiger partial charge >= 0.3 is 0 Å². The van der Waals surface area contributed by atoms with E-state index in [2.05, 4.69) is 30.2 Å². The summed E-state index contributed by atoms with van der Waals surface area (Å²) in [6.07, 6.45) is 5.72. The van der Waals surface area contributed by atoms with Crippen LogP contribution in [0.5, 0.6) is 0 Å². The molecule has 1 heterocycles. The minimum absolute atomic E-state index is 0.899. The average molecular weight is 192 g/mol. The molecule has 0 aliphatic heterocycles. The van der Waals surface area contributed by atoms with Crippen LogP contribution in [-0.2, 0) is 6.54 Å². The zero-order valence-corrected chi connectivity index (χ0v) is 9.21. The van der Waals surface area contributed by atoms with Gasteiger partial charge in [0.15, 0.2) is 0 Å². The topological polar surface area (TPSA) is 24.9 Å². The fourth-order valence-corrected chi connectivity index (χ4v) is 1.41. The molecular formula is C12H20N2. The molecule has 1 aromatic rings. The van der Waals surface area contributed by atoms with Crippen LogP contribution in [0.1, 0.15) is 37.4 Å². The van der Waals surface area contributed by atoms with Gasteiger partial charge in [-0.25, -0.2) is 0 Å². The summed E-state index contributed by atoms with van der Waals surface area (Å²) < 4.78 is 0. The van der Waals surface area contributed by atoms with Gasteiger partial charge in [-0.15, -0.1) is 0 Å². The molecule has 0 radical (unpaired) electrons. The lowest BCUT2D eigenvalue weighted by molar-refractivity contribution is 0.609. The van der Waals surface area contributed by atoms with Crippen LogP contribution in [0.2, 0.25) is 0 Å². The van der Waals surface area contributed by atoms with Gasteiger partial charge in [0, 0.05) is 12.7 Å². The number of nitrogens with one attached hydrogen (secondary N) is 1. The van der Waals surface area contributed by atoms with E-state index in [1.54, 1.807) is 0 Å². The molecule has 1 N–H and O–H groups in total. The SMILES string of the molecule is CCCCCNCc1ncccc1C. The summed E-state index contributed by atoms with van der Waals surface area (Å²) in [6, 6.07) is 4.09. The highest BCUT2D eigenvalue weighted by atomic mass is 14.9. The molecule has 78 valence electrons. The molecule has 0 aliphatic carbocycles. The summed E-state index contributed by atoms with van der Waals surface area (Å²) >= 11 is 0. The van der Waals surface area contributed by atoms with E-state index in [0.29, 0.717) is 0 Å². The van der Waals surface area contributed by atoms with Gasteiger partial charge in [0.2, 0.25) is 0 Å². The Hall–Kier alpha value is -0.890. The lowest BCUT2D eigenvalue weighted by atomic mass is 10.2. The highest BCUT2D eigenvalue weighted by Gasteiger charge is 1.96. The van der Waals surface area contributed by atoms with Gasteiger partial charge in [0.05, 0.1) is 5.69 Å². The van der Waals surface area contributed by atoms with Gasteiger partial charge in [-0.05, 0) is 31.5 Å². The van der Waals surface area contributed by atoms with E-state index in [-0.39, 0.29) is 0 Å². The van der Waals surface area contributed by atoms with Crippen molar-refractivity contribution in [2.24, 2.45) is 0 Å². The molecule has 0 saturated heterocycles. The van der Waals surface area contributed by atoms with E-state index in [1.165, 1.54) is 30.5 Å². The Labute approximate surface area is 86.8 Å². The Balaban J connectivity index is 2.21. The van der Waals surface area contributed by atoms with Gasteiger partial charge in [-0.3, -0.25) is 4.98 Å². The number of hydrogen-bond donors (Lipinski definition) is 1. The van der Waals surface area contributed by atoms with Crippen molar-refractivity contribution < 1.29 is 0 Å². The predicted octanol–water partition coefficient (Wildman–Crippen LogP) is 2.67. The molecule has 0 aromatic carbocycles. The van der Waals surface area contributed by atoms with Crippen molar-refractivity contribution in [1.82, 2.24) is 10.3 Å². The van der Waals surface area contributed by atoms with Crippen LogP contribution in [0, 0.1) is 6.92 Å². The van der Waals surface area contributed by atoms with Crippen LogP contribution in [0.25, 0.3) is 0 Å². The highest BCUT2D eigenvalue weighted by molar-refractivity contribution is 5.17. The summed E-state index contributed by atoms with van der Waals surface area (Å²) in [4.78, 5) is 4.33. The van der Waals surface area contributed by atoms with E-state index in [9.17, 15) is 0 Å². The molecule has 0 saturated carbocycles. The van der Waals surface area contributed by atoms with Gasteiger partial charge < -0.3 is 5.32 Å². The average Bonchev–Trinajstić information content (AvgIpc) is 2.20. The fraction of sp³-hybridized carbons (Fsp3) is 0.583. The van der Waals surface area contributed by atoms with Crippen molar-refractivity contribution in [1.29, 1.82) is 0 Å². The van der Waals surface area contributed by atoms with E-state index in [1.807, 2.05) is 12.3 Å². The van der Waals surface area contributed by atoms with E-state index in [0.717, 1.165) is 13.1 Å². The van der Waals surface area contributed by atoms with E-state index < -0.39 is 0 Å². The van der Waals surface area contributed by atoms with Crippen LogP contribution in [0.4, 0.5) is 0 Å². The Morgan fingerprint density at radius 3 is 2.93 bits per heavy atom. The third-order valence-electron chi connectivity index (χ3n) is 2.37. The summed E-state index contributed by atoms with van der Waals surface area (Å²) in [5, 5.41) is 3.41. The maximum absolute atomic E-state index is 4.33. The zero-order chi connectivity index (χ0) is 10.2. The second-order valence-electron chi connectivity index (χ2n) is 3.65. The Morgan fingerprint density at radius 2 is 2.21 bits per heavy atom. The first kappa shape index (κ1) is 11.2. The monoisotopic (exact) mass is 192 g/mol. The minimum atomic E-state index is 0.899. The summed E-state index contributed by atoms with van der Waals surface area (Å²) in [5.41, 5.74) is 2.44. The summed E-state index contributed by atoms with van der Waals surface area (Å²) in [7, 11) is 0. The zero-order valence-electron chi connectivity index (χ0n) is 9.21. The van der Waals surface area contributed by atoms with Crippen LogP contribution >= 0.6 is 0 Å². The molecule has 1 rings (SSSR count). The number of pyridine rings is 1. The Morgan fingerprint density at radius 1 is 1.36 bits per heavy atom. The molecule has 0 amide bonds. The number of hydrogen-bond acceptors (Lipinski definition) is 2. The van der Waals surface area contributed by atoms with Crippen molar-refractivity contribution in [3.8, 4) is 0 Å². The summed E-state index contributed by atoms with van der Waals surface area (Å²) in [5.74, 6) is 0. The first-order chi connectivity index (χ1) is 6.84. The molecule has 0 atom stereocenters. The quantitative estimate of drug-likeness (QED) is 0.701. The Bertz CT molecular complexity index is 258. The fourth-order valence-electron chi connectivity index (χ4n) is 1.41. The predicted molar refractivity (Wildman–Crippen MR) is 60.2 cm³/mol. The van der Waals surface area contributed by atoms with Gasteiger partial charge in [-0.2, -0.15) is 0 Å². The maximum atomic E-state index is 4.33. The molecule has 1 aromatic heterocycles. The van der Waals surface area contributed by atoms with E-state index >= 15 is 0 Å². The van der Waals surface area contributed by atoms with E-state index in [4.69, 9.17) is 0 Å². The standard InChI is InChI=1S/C12H20N2/c1-3-4-5-8-13-10-12-11(2)7-6-9-14-12/h6-7,9,13H,3-5,8,10H2,1-2H3. The number of aromatic nitrogens is 1. The molecule has 0 aliphatic rings. The number of rotatable bonds is 6. The highest BCUT2D eigenvalue weighted by Crippen LogP contribution is 2.02. The molecule has 0 unspecified atom stereocenters. The third-order valence-corrected chi connectivity index (χ3v) is 2.37. The molecule has 0 fully saturated rings. The Kier molecular flexibility index (Phi) is 5.23. The van der Waals surface area contributed by atoms with Crippen molar-refractivity contribution >= 4 is 0 Å². The van der Waals surface area contributed by atoms with Crippen molar-refractivity contribution in [3.63, 3.8) is 0 Å². The summed E-state index contributed by atoms with van der Waals surface area (Å²) in [6.45, 7) is 6.33. The van der Waals surface area contributed by atoms with Crippen LogP contribution in [0.3, 0.4) is 0 Å². The molecule has 2 nitrogen and oxygen atoms in total. The second kappa shape index (κ2) is 6.55. The molecule has 0 bridgehead atoms. The molecule has 0 spiro atoms. The first-order valence-electron chi connectivity index (χ1n) is 5.45. The van der Waals surface area contributed by atoms with Crippen molar-refractivity contribution in [3.05, 3.63) is 29.6 Å². The van der Waals surface area contributed by atoms with Crippen molar-refractivity contribution in [2.45, 2.75) is 39.7 Å². The second-order valence-corrected chi connectivity index (χ2v) is 3.65. The van der Waals surface area contributed by atoms with Crippen LogP contribution in [0.15, 0.2) is 18.3 Å². The number of unbranched alkanes of at least 4 members (excludes halogenated alkanes) is 2. The maximum Gasteiger partial charge on any atom is 0.0570 e. The first-order valence-corrected chi connectivity index (χ1v) is 5.45.